The zero-order valence-electron chi connectivity index (χ0n) is 17.4. The summed E-state index contributed by atoms with van der Waals surface area (Å²) in [5.74, 6) is -0.731. The lowest BCUT2D eigenvalue weighted by atomic mass is 10.1. The van der Waals surface area contributed by atoms with Crippen molar-refractivity contribution in [1.29, 1.82) is 0 Å². The van der Waals surface area contributed by atoms with Crippen LogP contribution in [0, 0.1) is 0 Å². The van der Waals surface area contributed by atoms with E-state index in [9.17, 15) is 14.7 Å². The lowest BCUT2D eigenvalue weighted by Gasteiger charge is -2.13. The minimum Gasteiger partial charge on any atom is -0.490 e. The Balaban J connectivity index is 1.80. The highest BCUT2D eigenvalue weighted by molar-refractivity contribution is 9.10. The van der Waals surface area contributed by atoms with Gasteiger partial charge in [-0.25, -0.2) is 4.79 Å². The van der Waals surface area contributed by atoms with Crippen molar-refractivity contribution in [3.63, 3.8) is 0 Å². The van der Waals surface area contributed by atoms with E-state index in [2.05, 4.69) is 21.2 Å². The van der Waals surface area contributed by atoms with Crippen LogP contribution < -0.4 is 14.8 Å². The maximum Gasteiger partial charge on any atom is 0.352 e. The molecule has 0 heterocycles. The Kier molecular flexibility index (Phi) is 8.05. The molecule has 0 saturated heterocycles. The molecule has 3 aromatic rings. The van der Waals surface area contributed by atoms with E-state index in [-0.39, 0.29) is 5.70 Å². The highest BCUT2D eigenvalue weighted by atomic mass is 79.9. The van der Waals surface area contributed by atoms with Crippen LogP contribution >= 0.6 is 15.9 Å². The number of rotatable bonds is 9. The number of amides is 1. The first-order valence-corrected chi connectivity index (χ1v) is 10.7. The van der Waals surface area contributed by atoms with Gasteiger partial charge < -0.3 is 19.9 Å². The highest BCUT2D eigenvalue weighted by Gasteiger charge is 2.14. The maximum absolute atomic E-state index is 12.4. The summed E-state index contributed by atoms with van der Waals surface area (Å²) in [5.41, 5.74) is 1.66. The van der Waals surface area contributed by atoms with Crippen LogP contribution in [0.5, 0.6) is 11.5 Å². The summed E-state index contributed by atoms with van der Waals surface area (Å²) in [7, 11) is 0. The third kappa shape index (κ3) is 6.46. The first kappa shape index (κ1) is 23.1. The van der Waals surface area contributed by atoms with E-state index in [4.69, 9.17) is 9.47 Å². The summed E-state index contributed by atoms with van der Waals surface area (Å²) in [4.78, 5) is 24.0. The van der Waals surface area contributed by atoms with Crippen LogP contribution in [0.1, 0.15) is 28.4 Å². The summed E-state index contributed by atoms with van der Waals surface area (Å²) in [6.07, 6.45) is 1.38. The molecule has 0 fully saturated rings. The smallest absolute Gasteiger partial charge is 0.352 e. The number of hydrogen-bond donors (Lipinski definition) is 2. The Morgan fingerprint density at radius 2 is 1.75 bits per heavy atom. The molecule has 2 N–H and O–H groups in total. The van der Waals surface area contributed by atoms with Crippen LogP contribution in [0.15, 0.2) is 83.0 Å². The number of carboxylic acid groups (broad SMARTS) is 1. The number of carbonyl (C=O) groups is 2. The van der Waals surface area contributed by atoms with Gasteiger partial charge in [0.25, 0.3) is 5.91 Å². The van der Waals surface area contributed by atoms with Crippen molar-refractivity contribution in [1.82, 2.24) is 5.32 Å². The lowest BCUT2D eigenvalue weighted by Crippen LogP contribution is -2.27. The topological polar surface area (TPSA) is 84.9 Å². The summed E-state index contributed by atoms with van der Waals surface area (Å²) < 4.78 is 12.6. The van der Waals surface area contributed by atoms with Crippen molar-refractivity contribution in [2.24, 2.45) is 0 Å². The quantitative estimate of drug-likeness (QED) is 0.394. The van der Waals surface area contributed by atoms with Crippen LogP contribution in [-0.2, 0) is 11.4 Å². The molecule has 0 unspecified atom stereocenters. The zero-order chi connectivity index (χ0) is 22.9. The van der Waals surface area contributed by atoms with Gasteiger partial charge in [-0.15, -0.1) is 0 Å². The monoisotopic (exact) mass is 495 g/mol. The van der Waals surface area contributed by atoms with Gasteiger partial charge in [-0.2, -0.15) is 0 Å². The molecule has 0 bridgehead atoms. The molecule has 0 atom stereocenters. The van der Waals surface area contributed by atoms with Gasteiger partial charge in [0, 0.05) is 10.0 Å². The number of halogens is 1. The molecule has 7 heteroatoms. The average Bonchev–Trinajstić information content (AvgIpc) is 2.79. The second-order valence-corrected chi connectivity index (χ2v) is 7.66. The number of nitrogens with one attached hydrogen (secondary N) is 1. The number of aliphatic carboxylic acids is 1. The van der Waals surface area contributed by atoms with E-state index < -0.39 is 11.9 Å². The minimum atomic E-state index is -1.25. The normalized spacial score (nSPS) is 11.0. The fraction of sp³-hybridized carbons (Fsp3) is 0.120. The molecule has 0 radical (unpaired) electrons. The van der Waals surface area contributed by atoms with Crippen molar-refractivity contribution < 1.29 is 24.2 Å². The summed E-state index contributed by atoms with van der Waals surface area (Å²) >= 11 is 3.44. The molecule has 32 heavy (non-hydrogen) atoms. The average molecular weight is 496 g/mol. The minimum absolute atomic E-state index is 0.246. The molecule has 3 rings (SSSR count). The number of carbonyl (C=O) groups excluding carboxylic acids is 1. The van der Waals surface area contributed by atoms with Crippen molar-refractivity contribution in [2.75, 3.05) is 6.61 Å². The predicted molar refractivity (Wildman–Crippen MR) is 126 cm³/mol. The molecule has 0 aliphatic rings. The van der Waals surface area contributed by atoms with Crippen molar-refractivity contribution in [3.8, 4) is 11.5 Å². The van der Waals surface area contributed by atoms with Gasteiger partial charge in [0.05, 0.1) is 6.61 Å². The zero-order valence-corrected chi connectivity index (χ0v) is 19.0. The first-order valence-electron chi connectivity index (χ1n) is 9.91. The van der Waals surface area contributed by atoms with E-state index >= 15 is 0 Å². The summed E-state index contributed by atoms with van der Waals surface area (Å²) in [5, 5.41) is 12.0. The Morgan fingerprint density at radius 3 is 2.44 bits per heavy atom. The molecule has 3 aromatic carbocycles. The van der Waals surface area contributed by atoms with Crippen LogP contribution in [0.4, 0.5) is 0 Å². The van der Waals surface area contributed by atoms with E-state index in [1.54, 1.807) is 48.5 Å². The van der Waals surface area contributed by atoms with Crippen LogP contribution in [-0.4, -0.2) is 23.6 Å². The molecular weight excluding hydrogens is 474 g/mol. The van der Waals surface area contributed by atoms with Gasteiger partial charge >= 0.3 is 5.97 Å². The van der Waals surface area contributed by atoms with Gasteiger partial charge in [0.2, 0.25) is 0 Å². The molecule has 0 aromatic heterocycles. The molecule has 0 aliphatic heterocycles. The molecule has 1 amide bonds. The Morgan fingerprint density at radius 1 is 0.969 bits per heavy atom. The van der Waals surface area contributed by atoms with Gasteiger partial charge in [-0.3, -0.25) is 4.79 Å². The first-order chi connectivity index (χ1) is 15.5. The fourth-order valence-electron chi connectivity index (χ4n) is 2.89. The molecule has 0 aliphatic carbocycles. The van der Waals surface area contributed by atoms with E-state index in [0.29, 0.717) is 35.8 Å². The molecular formula is C25H22BrNO5. The highest BCUT2D eigenvalue weighted by Crippen LogP contribution is 2.30. The number of hydrogen-bond acceptors (Lipinski definition) is 4. The molecule has 6 nitrogen and oxygen atoms in total. The SMILES string of the molecule is CCOc1cc(C=C(NC(=O)c2ccccc2)C(=O)O)ccc1OCc1cccc(Br)c1. The molecule has 0 saturated carbocycles. The number of benzene rings is 3. The fourth-order valence-corrected chi connectivity index (χ4v) is 3.34. The molecule has 164 valence electrons. The summed E-state index contributed by atoms with van der Waals surface area (Å²) in [6, 6.07) is 21.3. The maximum atomic E-state index is 12.4. The van der Waals surface area contributed by atoms with Crippen LogP contribution in [0.2, 0.25) is 0 Å². The Labute approximate surface area is 194 Å². The number of carboxylic acids is 1. The second-order valence-electron chi connectivity index (χ2n) is 6.74. The lowest BCUT2D eigenvalue weighted by molar-refractivity contribution is -0.132. The van der Waals surface area contributed by atoms with Gasteiger partial charge in [-0.1, -0.05) is 52.3 Å². The van der Waals surface area contributed by atoms with Crippen LogP contribution in [0.3, 0.4) is 0 Å². The van der Waals surface area contributed by atoms with Gasteiger partial charge in [-0.05, 0) is 60.5 Å². The van der Waals surface area contributed by atoms with E-state index in [0.717, 1.165) is 10.0 Å². The second kappa shape index (κ2) is 11.2. The third-order valence-electron chi connectivity index (χ3n) is 4.38. The Bertz CT molecular complexity index is 1130. The largest absolute Gasteiger partial charge is 0.490 e. The van der Waals surface area contributed by atoms with Gasteiger partial charge in [0.1, 0.15) is 12.3 Å². The van der Waals surface area contributed by atoms with Crippen LogP contribution in [0.25, 0.3) is 6.08 Å². The standard InChI is InChI=1S/C25H22BrNO5/c1-2-31-23-15-17(11-12-22(23)32-16-18-7-6-10-20(26)13-18)14-21(25(29)30)27-24(28)19-8-4-3-5-9-19/h3-15H,2,16H2,1H3,(H,27,28)(H,29,30). The van der Waals surface area contributed by atoms with Crippen molar-refractivity contribution in [2.45, 2.75) is 13.5 Å². The third-order valence-corrected chi connectivity index (χ3v) is 4.87. The molecule has 0 spiro atoms. The predicted octanol–water partition coefficient (Wildman–Crippen LogP) is 5.28. The van der Waals surface area contributed by atoms with Crippen molar-refractivity contribution >= 4 is 33.9 Å². The van der Waals surface area contributed by atoms with Gasteiger partial charge in [0.15, 0.2) is 11.5 Å². The van der Waals surface area contributed by atoms with E-state index in [1.165, 1.54) is 6.08 Å². The summed E-state index contributed by atoms with van der Waals surface area (Å²) in [6.45, 7) is 2.61. The Hall–Kier alpha value is -3.58. The van der Waals surface area contributed by atoms with E-state index in [1.807, 2.05) is 31.2 Å². The van der Waals surface area contributed by atoms with Crippen molar-refractivity contribution in [3.05, 3.63) is 99.7 Å². The number of ether oxygens (including phenoxy) is 2.